The van der Waals surface area contributed by atoms with E-state index in [0.717, 1.165) is 16.8 Å². The van der Waals surface area contributed by atoms with Gasteiger partial charge < -0.3 is 19.2 Å². The first-order chi connectivity index (χ1) is 14.7. The van der Waals surface area contributed by atoms with Gasteiger partial charge in [0.05, 0.1) is 13.3 Å². The van der Waals surface area contributed by atoms with Gasteiger partial charge in [0.1, 0.15) is 6.61 Å². The summed E-state index contributed by atoms with van der Waals surface area (Å²) in [7, 11) is 3.28. The fourth-order valence-corrected chi connectivity index (χ4v) is 2.70. The number of methoxy groups -OCH3 is 1. The van der Waals surface area contributed by atoms with Crippen LogP contribution in [-0.4, -0.2) is 32.9 Å². The first-order valence-corrected chi connectivity index (χ1v) is 9.49. The summed E-state index contributed by atoms with van der Waals surface area (Å²) < 4.78 is 11.3. The monoisotopic (exact) mass is 404 g/mol. The van der Waals surface area contributed by atoms with E-state index >= 15 is 0 Å². The number of benzene rings is 3. The zero-order valence-electron chi connectivity index (χ0n) is 17.0. The van der Waals surface area contributed by atoms with Crippen LogP contribution in [0, 0.1) is 0 Å². The molecule has 0 N–H and O–H groups in total. The zero-order chi connectivity index (χ0) is 21.2. The highest BCUT2D eigenvalue weighted by molar-refractivity contribution is 5.93. The highest BCUT2D eigenvalue weighted by Gasteiger charge is 2.11. The molecule has 0 fully saturated rings. The van der Waals surface area contributed by atoms with Gasteiger partial charge in [0.2, 0.25) is 0 Å². The molecule has 3 rings (SSSR count). The Morgan fingerprint density at radius 3 is 2.37 bits per heavy atom. The van der Waals surface area contributed by atoms with E-state index in [1.54, 1.807) is 20.2 Å². The van der Waals surface area contributed by atoms with Crippen molar-refractivity contribution in [1.29, 1.82) is 0 Å². The van der Waals surface area contributed by atoms with Crippen LogP contribution >= 0.6 is 0 Å². The number of anilines is 1. The lowest BCUT2D eigenvalue weighted by molar-refractivity contribution is -0.122. The predicted octanol–water partition coefficient (Wildman–Crippen LogP) is 4.29. The Bertz CT molecular complexity index is 975. The third-order valence-corrected chi connectivity index (χ3v) is 4.41. The molecular formula is C24H24N2O4. The van der Waals surface area contributed by atoms with Gasteiger partial charge in [-0.15, -0.1) is 0 Å². The Kier molecular flexibility index (Phi) is 7.44. The summed E-state index contributed by atoms with van der Waals surface area (Å²) in [5.74, 6) is 1.04. The van der Waals surface area contributed by atoms with Gasteiger partial charge in [-0.3, -0.25) is 4.79 Å². The lowest BCUT2D eigenvalue weighted by Crippen LogP contribution is -2.29. The van der Waals surface area contributed by atoms with Crippen LogP contribution in [0.1, 0.15) is 11.1 Å². The number of hydrogen-bond acceptors (Lipinski definition) is 5. The maximum Gasteiger partial charge on any atom is 0.267 e. The molecule has 6 nitrogen and oxygen atoms in total. The van der Waals surface area contributed by atoms with E-state index in [1.807, 2.05) is 72.8 Å². The molecule has 154 valence electrons. The van der Waals surface area contributed by atoms with Crippen LogP contribution in [-0.2, 0) is 16.2 Å². The summed E-state index contributed by atoms with van der Waals surface area (Å²) in [6, 6.07) is 24.7. The van der Waals surface area contributed by atoms with Gasteiger partial charge in [-0.25, -0.2) is 0 Å². The van der Waals surface area contributed by atoms with Crippen molar-refractivity contribution in [3.05, 3.63) is 90.0 Å². The number of carbonyl (C=O) groups is 1. The Labute approximate surface area is 176 Å². The van der Waals surface area contributed by atoms with Crippen molar-refractivity contribution in [3.63, 3.8) is 0 Å². The number of oxime groups is 1. The quantitative estimate of drug-likeness (QED) is 0.394. The minimum Gasteiger partial charge on any atom is -0.493 e. The number of amides is 1. The van der Waals surface area contributed by atoms with Crippen molar-refractivity contribution >= 4 is 17.8 Å². The van der Waals surface area contributed by atoms with E-state index in [9.17, 15) is 4.79 Å². The minimum absolute atomic E-state index is 0.155. The largest absolute Gasteiger partial charge is 0.493 e. The fraction of sp³-hybridized carbons (Fsp3) is 0.167. The number of carbonyl (C=O) groups excluding carboxylic acids is 1. The normalized spacial score (nSPS) is 10.6. The summed E-state index contributed by atoms with van der Waals surface area (Å²) in [5, 5.41) is 3.89. The number of para-hydroxylation sites is 1. The summed E-state index contributed by atoms with van der Waals surface area (Å²) in [5.41, 5.74) is 2.64. The summed E-state index contributed by atoms with van der Waals surface area (Å²) in [6.07, 6.45) is 1.53. The molecule has 0 aliphatic heterocycles. The molecule has 3 aromatic carbocycles. The van der Waals surface area contributed by atoms with E-state index in [0.29, 0.717) is 18.1 Å². The van der Waals surface area contributed by atoms with Gasteiger partial charge in [0.25, 0.3) is 5.91 Å². The van der Waals surface area contributed by atoms with Crippen molar-refractivity contribution in [3.8, 4) is 11.5 Å². The lowest BCUT2D eigenvalue weighted by atomic mass is 10.2. The van der Waals surface area contributed by atoms with Crippen LogP contribution in [0.2, 0.25) is 0 Å². The van der Waals surface area contributed by atoms with Gasteiger partial charge in [-0.05, 0) is 35.9 Å². The molecule has 0 saturated carbocycles. The molecule has 1 amide bonds. The van der Waals surface area contributed by atoms with E-state index in [4.69, 9.17) is 14.3 Å². The highest BCUT2D eigenvalue weighted by atomic mass is 16.6. The molecular weight excluding hydrogens is 380 g/mol. The van der Waals surface area contributed by atoms with Crippen molar-refractivity contribution < 1.29 is 19.1 Å². The van der Waals surface area contributed by atoms with Gasteiger partial charge in [-0.2, -0.15) is 0 Å². The number of ether oxygens (including phenoxy) is 2. The topological polar surface area (TPSA) is 60.4 Å². The average Bonchev–Trinajstić information content (AvgIpc) is 2.81. The molecule has 0 saturated heterocycles. The molecule has 3 aromatic rings. The Balaban J connectivity index is 1.53. The average molecular weight is 404 g/mol. The smallest absolute Gasteiger partial charge is 0.267 e. The second-order valence-electron chi connectivity index (χ2n) is 6.48. The third-order valence-electron chi connectivity index (χ3n) is 4.41. The van der Waals surface area contributed by atoms with E-state index in [1.165, 1.54) is 11.1 Å². The van der Waals surface area contributed by atoms with Crippen molar-refractivity contribution in [2.45, 2.75) is 6.61 Å². The first kappa shape index (κ1) is 20.9. The minimum atomic E-state index is -0.194. The van der Waals surface area contributed by atoms with Crippen molar-refractivity contribution in [2.24, 2.45) is 5.16 Å². The lowest BCUT2D eigenvalue weighted by Gasteiger charge is -2.16. The van der Waals surface area contributed by atoms with Crippen molar-refractivity contribution in [1.82, 2.24) is 0 Å². The SMILES string of the molecule is COc1cc(/C=N/OCC(=O)N(C)c2ccccc2)ccc1OCc1ccccc1. The molecule has 0 aliphatic rings. The van der Waals surface area contributed by atoms with Crippen LogP contribution in [0.5, 0.6) is 11.5 Å². The Morgan fingerprint density at radius 1 is 0.967 bits per heavy atom. The third kappa shape index (κ3) is 5.85. The van der Waals surface area contributed by atoms with Crippen LogP contribution < -0.4 is 14.4 Å². The standard InChI is InChI=1S/C24H24N2O4/c1-26(21-11-7-4-8-12-21)24(27)18-30-25-16-20-13-14-22(23(15-20)28-2)29-17-19-9-5-3-6-10-19/h3-16H,17-18H2,1-2H3/b25-16+. The molecule has 0 bridgehead atoms. The number of rotatable bonds is 9. The van der Waals surface area contributed by atoms with E-state index in [2.05, 4.69) is 5.16 Å². The Morgan fingerprint density at radius 2 is 1.67 bits per heavy atom. The number of likely N-dealkylation sites (N-methyl/N-ethyl adjacent to an activating group) is 1. The van der Waals surface area contributed by atoms with Crippen LogP contribution in [0.15, 0.2) is 84.0 Å². The van der Waals surface area contributed by atoms with E-state index in [-0.39, 0.29) is 12.5 Å². The highest BCUT2D eigenvalue weighted by Crippen LogP contribution is 2.28. The molecule has 30 heavy (non-hydrogen) atoms. The molecule has 0 spiro atoms. The van der Waals surface area contributed by atoms with Crippen LogP contribution in [0.3, 0.4) is 0 Å². The second-order valence-corrected chi connectivity index (χ2v) is 6.48. The molecule has 0 unspecified atom stereocenters. The number of hydrogen-bond donors (Lipinski definition) is 0. The molecule has 6 heteroatoms. The predicted molar refractivity (Wildman–Crippen MR) is 117 cm³/mol. The summed E-state index contributed by atoms with van der Waals surface area (Å²) in [4.78, 5) is 18.9. The van der Waals surface area contributed by atoms with Crippen molar-refractivity contribution in [2.75, 3.05) is 25.7 Å². The van der Waals surface area contributed by atoms with Gasteiger partial charge >= 0.3 is 0 Å². The van der Waals surface area contributed by atoms with Crippen LogP contribution in [0.4, 0.5) is 5.69 Å². The molecule has 0 aliphatic carbocycles. The summed E-state index contributed by atoms with van der Waals surface area (Å²) >= 11 is 0. The maximum atomic E-state index is 12.2. The Hall–Kier alpha value is -3.80. The molecule has 0 heterocycles. The number of nitrogens with zero attached hydrogens (tertiary/aromatic N) is 2. The van der Waals surface area contributed by atoms with Gasteiger partial charge in [-0.1, -0.05) is 53.7 Å². The summed E-state index contributed by atoms with van der Waals surface area (Å²) in [6.45, 7) is 0.294. The van der Waals surface area contributed by atoms with Gasteiger partial charge in [0.15, 0.2) is 18.1 Å². The zero-order valence-corrected chi connectivity index (χ0v) is 17.0. The molecule has 0 radical (unpaired) electrons. The van der Waals surface area contributed by atoms with E-state index < -0.39 is 0 Å². The fourth-order valence-electron chi connectivity index (χ4n) is 2.70. The molecule has 0 atom stereocenters. The first-order valence-electron chi connectivity index (χ1n) is 9.49. The van der Waals surface area contributed by atoms with Crippen LogP contribution in [0.25, 0.3) is 0 Å². The van der Waals surface area contributed by atoms with Gasteiger partial charge in [0, 0.05) is 18.3 Å². The maximum absolute atomic E-state index is 12.2. The molecule has 0 aromatic heterocycles. The second kappa shape index (κ2) is 10.7.